The smallest absolute Gasteiger partial charge is 0 e. The maximum absolute atomic E-state index is 11.9. The fourth-order valence-corrected chi connectivity index (χ4v) is 15.2. The van der Waals surface area contributed by atoms with Gasteiger partial charge in [0.1, 0.15) is 0 Å². The molecule has 1 aliphatic heterocycles. The van der Waals surface area contributed by atoms with Gasteiger partial charge in [-0.1, -0.05) is 131 Å². The van der Waals surface area contributed by atoms with Crippen LogP contribution in [0.15, 0.2) is 66.7 Å². The molecule has 1 radical (unpaired) electrons. The normalized spacial score (nSPS) is 15.7. The molecular weight excluding hydrogens is 966 g/mol. The summed E-state index contributed by atoms with van der Waals surface area (Å²) in [5.41, 5.74) is 10.1. The number of hydrogen-bond donors (Lipinski definition) is 0. The predicted octanol–water partition coefficient (Wildman–Crippen LogP) is 14.0. The van der Waals surface area contributed by atoms with Crippen molar-refractivity contribution in [2.45, 2.75) is 130 Å². The van der Waals surface area contributed by atoms with Crippen LogP contribution in [0.25, 0.3) is 0 Å². The Kier molecular flexibility index (Phi) is 20.9. The third-order valence-electron chi connectivity index (χ3n) is 10.4. The second kappa shape index (κ2) is 23.1. The molecule has 2 unspecified atom stereocenters. The summed E-state index contributed by atoms with van der Waals surface area (Å²) in [6.07, 6.45) is 8.24. The zero-order chi connectivity index (χ0) is 38.6. The molecule has 0 aliphatic carbocycles. The zero-order valence-electron chi connectivity index (χ0n) is 35.1. The fourth-order valence-electron chi connectivity index (χ4n) is 7.47. The standard InChI is InChI=1S/C32H49.C15H21INO2S.Au/c1-12-25(19-30-26(21(2)3)15-13-16-27(30)22(4)5)20-32(10,11)31-28(23(6)7)17-14-18-29(31)24(8)9;1-17(13-6-4-3-5-7-13)15(18)19-11-10-16-9-8-14(12-16)20-2;/h13-18,20-25H,12,19H2,1-11H3;3-7,12,14H,8-11H2,1-2H3;/q2*-1;. The number of alkyl halides is 2. The molecule has 1 amide bonds. The molecule has 4 rings (SSSR count). The number of halogens is 1. The van der Waals surface area contributed by atoms with Crippen molar-refractivity contribution in [3.05, 3.63) is 111 Å². The van der Waals surface area contributed by atoms with E-state index in [1.54, 1.807) is 23.1 Å². The van der Waals surface area contributed by atoms with Crippen LogP contribution >= 0.6 is 31.6 Å². The van der Waals surface area contributed by atoms with E-state index in [2.05, 4.69) is 130 Å². The quantitative estimate of drug-likeness (QED) is 0.0657. The number of ether oxygens (including phenoxy) is 1. The number of hydrogen-bond acceptors (Lipinski definition) is 3. The predicted molar refractivity (Wildman–Crippen MR) is 240 cm³/mol. The second-order valence-corrected chi connectivity index (χ2v) is 23.0. The van der Waals surface area contributed by atoms with Crippen LogP contribution in [0.3, 0.4) is 0 Å². The van der Waals surface area contributed by atoms with Gasteiger partial charge in [-0.15, -0.1) is 5.41 Å². The number of thioether (sulfide) groups is 1. The van der Waals surface area contributed by atoms with Gasteiger partial charge in [0.15, 0.2) is 0 Å². The molecule has 2 atom stereocenters. The van der Waals surface area contributed by atoms with E-state index in [0.29, 0.717) is 36.2 Å². The first kappa shape index (κ1) is 47.9. The first-order chi connectivity index (χ1) is 24.6. The summed E-state index contributed by atoms with van der Waals surface area (Å²) in [5, 5.41) is 0.753. The SMILES string of the molecule is CCC([CH-]C(C)(C)c1c(C(C)C)cccc1C(C)C)Cc1c(C(C)C)cccc1C(C)C.CSC1[CH-]I(CCOC(=O)N(C)c2ccccc2)CC1.[Au]. The Morgan fingerprint density at radius 3 is 1.83 bits per heavy atom. The van der Waals surface area contributed by atoms with Gasteiger partial charge in [-0.3, -0.25) is 0 Å². The molecule has 0 saturated carbocycles. The van der Waals surface area contributed by atoms with Crippen molar-refractivity contribution in [2.75, 3.05) is 33.7 Å². The largest absolute Gasteiger partial charge is 0 e. The molecule has 0 bridgehead atoms. The van der Waals surface area contributed by atoms with Crippen LogP contribution in [-0.4, -0.2) is 40.1 Å². The van der Waals surface area contributed by atoms with E-state index in [4.69, 9.17) is 4.74 Å². The third kappa shape index (κ3) is 14.0. The summed E-state index contributed by atoms with van der Waals surface area (Å²) in [6, 6.07) is 23.5. The Morgan fingerprint density at radius 2 is 1.38 bits per heavy atom. The molecule has 1 saturated heterocycles. The summed E-state index contributed by atoms with van der Waals surface area (Å²) in [5.74, 6) is 2.74. The van der Waals surface area contributed by atoms with E-state index in [1.807, 2.05) is 42.1 Å². The molecule has 6 heteroatoms. The van der Waals surface area contributed by atoms with Crippen LogP contribution in [0.2, 0.25) is 0 Å². The van der Waals surface area contributed by atoms with Gasteiger partial charge in [0, 0.05) is 22.4 Å². The second-order valence-electron chi connectivity index (χ2n) is 16.2. The molecule has 301 valence electrons. The molecule has 3 nitrogen and oxygen atoms in total. The molecule has 53 heavy (non-hydrogen) atoms. The van der Waals surface area contributed by atoms with Gasteiger partial charge in [0.2, 0.25) is 0 Å². The molecule has 1 aliphatic rings. The number of rotatable bonds is 15. The van der Waals surface area contributed by atoms with Gasteiger partial charge in [-0.25, -0.2) is 0 Å². The molecular formula is C47H70AuINO2S-2. The Balaban J connectivity index is 0.000000397. The number of anilines is 1. The summed E-state index contributed by atoms with van der Waals surface area (Å²) < 4.78 is 10.4. The van der Waals surface area contributed by atoms with E-state index in [-0.39, 0.29) is 33.9 Å². The van der Waals surface area contributed by atoms with Crippen molar-refractivity contribution in [3.63, 3.8) is 0 Å². The van der Waals surface area contributed by atoms with Gasteiger partial charge >= 0.3 is 133 Å². The molecule has 0 N–H and O–H groups in total. The van der Waals surface area contributed by atoms with E-state index in [0.717, 1.165) is 21.8 Å². The number of nitrogens with zero attached hydrogens (tertiary/aromatic N) is 1. The summed E-state index contributed by atoms with van der Waals surface area (Å²) in [6.45, 7) is 26.5. The van der Waals surface area contributed by atoms with Crippen molar-refractivity contribution in [1.29, 1.82) is 0 Å². The number of amides is 1. The molecule has 0 spiro atoms. The number of carbonyl (C=O) groups is 1. The topological polar surface area (TPSA) is 29.5 Å². The van der Waals surface area contributed by atoms with E-state index in [9.17, 15) is 4.79 Å². The average Bonchev–Trinajstić information content (AvgIpc) is 3.59. The minimum atomic E-state index is -0.936. The monoisotopic (exact) mass is 1040 g/mol. The number of benzene rings is 3. The summed E-state index contributed by atoms with van der Waals surface area (Å²) in [7, 11) is 1.75. The Labute approximate surface area is 352 Å². The first-order valence-electron chi connectivity index (χ1n) is 19.7. The van der Waals surface area contributed by atoms with Crippen molar-refractivity contribution >= 4 is 43.4 Å². The summed E-state index contributed by atoms with van der Waals surface area (Å²) in [4.78, 5) is 13.5. The van der Waals surface area contributed by atoms with Crippen LogP contribution in [0.4, 0.5) is 10.5 Å². The fraction of sp³-hybridized carbons (Fsp3) is 0.553. The van der Waals surface area contributed by atoms with E-state index >= 15 is 0 Å². The Bertz CT molecular complexity index is 1470. The van der Waals surface area contributed by atoms with E-state index < -0.39 is 19.8 Å². The van der Waals surface area contributed by atoms with Crippen LogP contribution in [0, 0.1) is 16.8 Å². The minimum absolute atomic E-state index is 0. The van der Waals surface area contributed by atoms with Crippen LogP contribution in [0.5, 0.6) is 0 Å². The number of carbonyl (C=O) groups excluding carboxylic acids is 1. The van der Waals surface area contributed by atoms with Gasteiger partial charge < -0.3 is 6.42 Å². The van der Waals surface area contributed by atoms with Gasteiger partial charge in [0.05, 0.1) is 0 Å². The molecule has 3 aromatic carbocycles. The minimum Gasteiger partial charge on any atom is 0 e. The third-order valence-corrected chi connectivity index (χ3v) is 17.6. The Hall–Kier alpha value is -1.25. The first-order valence-corrected chi connectivity index (χ1v) is 25.2. The van der Waals surface area contributed by atoms with Gasteiger partial charge in [-0.2, -0.15) is 5.92 Å². The van der Waals surface area contributed by atoms with Gasteiger partial charge in [0.25, 0.3) is 0 Å². The molecule has 1 fully saturated rings. The Morgan fingerprint density at radius 1 is 0.868 bits per heavy atom. The van der Waals surface area contributed by atoms with Crippen molar-refractivity contribution in [2.24, 2.45) is 5.92 Å². The maximum atomic E-state index is 11.9. The molecule has 0 aromatic heterocycles. The number of para-hydroxylation sites is 1. The summed E-state index contributed by atoms with van der Waals surface area (Å²) >= 11 is 1.01. The van der Waals surface area contributed by atoms with Crippen LogP contribution in [0.1, 0.15) is 146 Å². The average molecular weight is 1040 g/mol. The molecule has 3 aromatic rings. The zero-order valence-corrected chi connectivity index (χ0v) is 40.2. The van der Waals surface area contributed by atoms with Crippen LogP contribution < -0.4 is 4.90 Å². The van der Waals surface area contributed by atoms with Crippen molar-refractivity contribution in [3.8, 4) is 0 Å². The van der Waals surface area contributed by atoms with E-state index in [1.165, 1.54) is 39.5 Å². The molecule has 1 heterocycles. The van der Waals surface area contributed by atoms with Crippen molar-refractivity contribution < 1.29 is 31.9 Å². The van der Waals surface area contributed by atoms with Gasteiger partial charge in [-0.05, 0) is 51.5 Å². The maximum Gasteiger partial charge on any atom is 0 e. The van der Waals surface area contributed by atoms with Crippen molar-refractivity contribution in [1.82, 2.24) is 0 Å². The van der Waals surface area contributed by atoms with Crippen LogP contribution in [-0.2, 0) is 39.0 Å².